The Balaban J connectivity index is 0.00000161. The molecule has 0 spiro atoms. The first-order valence-electron chi connectivity index (χ1n) is 8.03. The van der Waals surface area contributed by atoms with Crippen LogP contribution in [-0.2, 0) is 13.0 Å². The van der Waals surface area contributed by atoms with Crippen molar-refractivity contribution in [1.82, 2.24) is 10.2 Å². The third-order valence-electron chi connectivity index (χ3n) is 4.50. The smallest absolute Gasteiger partial charge is 0.119 e. The first-order valence-corrected chi connectivity index (χ1v) is 8.03. The molecule has 2 aliphatic heterocycles. The molecule has 3 rings (SSSR count). The Kier molecular flexibility index (Phi) is 6.34. The fourth-order valence-corrected chi connectivity index (χ4v) is 3.45. The summed E-state index contributed by atoms with van der Waals surface area (Å²) in [5.41, 5.74) is 2.97. The van der Waals surface area contributed by atoms with Gasteiger partial charge in [0.25, 0.3) is 0 Å². The second-order valence-corrected chi connectivity index (χ2v) is 6.06. The van der Waals surface area contributed by atoms with Crippen LogP contribution < -0.4 is 10.1 Å². The number of piperidine rings is 1. The normalized spacial score (nSPS) is 22.2. The summed E-state index contributed by atoms with van der Waals surface area (Å²) in [5, 5.41) is 3.52. The van der Waals surface area contributed by atoms with Crippen LogP contribution in [0.4, 0.5) is 0 Å². The minimum Gasteiger partial charge on any atom is -0.494 e. The predicted octanol–water partition coefficient (Wildman–Crippen LogP) is 2.86. The number of rotatable bonds is 4. The Morgan fingerprint density at radius 2 is 2.24 bits per heavy atom. The lowest BCUT2D eigenvalue weighted by atomic mass is 9.95. The molecule has 3 nitrogen and oxygen atoms in total. The topological polar surface area (TPSA) is 24.5 Å². The summed E-state index contributed by atoms with van der Waals surface area (Å²) in [6.45, 7) is 8.75. The van der Waals surface area contributed by atoms with E-state index >= 15 is 0 Å². The number of nitrogens with one attached hydrogen (secondary N) is 1. The van der Waals surface area contributed by atoms with Crippen LogP contribution >= 0.6 is 12.4 Å². The lowest BCUT2D eigenvalue weighted by Crippen LogP contribution is -2.40. The highest BCUT2D eigenvalue weighted by atomic mass is 35.5. The van der Waals surface area contributed by atoms with Gasteiger partial charge in [0.2, 0.25) is 0 Å². The maximum Gasteiger partial charge on any atom is 0.119 e. The number of hydrogen-bond donors (Lipinski definition) is 1. The number of benzene rings is 1. The van der Waals surface area contributed by atoms with Crippen molar-refractivity contribution in [2.75, 3.05) is 32.8 Å². The highest BCUT2D eigenvalue weighted by Gasteiger charge is 2.21. The Labute approximate surface area is 134 Å². The van der Waals surface area contributed by atoms with Gasteiger partial charge in [-0.3, -0.25) is 4.90 Å². The molecule has 0 saturated carbocycles. The van der Waals surface area contributed by atoms with Crippen molar-refractivity contribution in [3.63, 3.8) is 0 Å². The third kappa shape index (κ3) is 4.35. The summed E-state index contributed by atoms with van der Waals surface area (Å²) >= 11 is 0. The Morgan fingerprint density at radius 3 is 3.00 bits per heavy atom. The largest absolute Gasteiger partial charge is 0.494 e. The first kappa shape index (κ1) is 16.6. The van der Waals surface area contributed by atoms with Crippen LogP contribution in [0.25, 0.3) is 0 Å². The zero-order valence-electron chi connectivity index (χ0n) is 12.9. The van der Waals surface area contributed by atoms with Gasteiger partial charge in [-0.2, -0.15) is 0 Å². The number of fused-ring (bicyclic) bond motifs is 1. The average Bonchev–Trinajstić information content (AvgIpc) is 2.49. The number of halogens is 1. The van der Waals surface area contributed by atoms with E-state index in [-0.39, 0.29) is 12.4 Å². The highest BCUT2D eigenvalue weighted by Crippen LogP contribution is 2.25. The molecule has 118 valence electrons. The molecule has 1 unspecified atom stereocenters. The Hall–Kier alpha value is -0.770. The van der Waals surface area contributed by atoms with Gasteiger partial charge in [0.05, 0.1) is 6.61 Å². The zero-order chi connectivity index (χ0) is 13.8. The summed E-state index contributed by atoms with van der Waals surface area (Å²) < 4.78 is 5.60. The quantitative estimate of drug-likeness (QED) is 0.925. The van der Waals surface area contributed by atoms with Crippen LogP contribution in [0, 0.1) is 5.92 Å². The molecule has 0 aliphatic carbocycles. The summed E-state index contributed by atoms with van der Waals surface area (Å²) in [4.78, 5) is 2.63. The van der Waals surface area contributed by atoms with Crippen molar-refractivity contribution >= 4 is 12.4 Å². The summed E-state index contributed by atoms with van der Waals surface area (Å²) in [6.07, 6.45) is 3.89. The molecule has 4 heteroatoms. The van der Waals surface area contributed by atoms with E-state index < -0.39 is 0 Å². The molecular formula is C17H27ClN2O. The minimum atomic E-state index is 0. The van der Waals surface area contributed by atoms with Gasteiger partial charge in [0.15, 0.2) is 0 Å². The first-order chi connectivity index (χ1) is 9.85. The number of ether oxygens (including phenoxy) is 1. The van der Waals surface area contributed by atoms with Crippen molar-refractivity contribution in [3.8, 4) is 5.75 Å². The van der Waals surface area contributed by atoms with Crippen molar-refractivity contribution in [2.24, 2.45) is 5.92 Å². The van der Waals surface area contributed by atoms with Gasteiger partial charge in [-0.25, -0.2) is 0 Å². The SMILES string of the molecule is CCOc1ccc2c(c1)CCN(CC1CCCNC1)C2.Cl. The van der Waals surface area contributed by atoms with Crippen molar-refractivity contribution in [2.45, 2.75) is 32.7 Å². The van der Waals surface area contributed by atoms with Crippen LogP contribution in [0.2, 0.25) is 0 Å². The van der Waals surface area contributed by atoms with Gasteiger partial charge < -0.3 is 10.1 Å². The van der Waals surface area contributed by atoms with Crippen molar-refractivity contribution < 1.29 is 4.74 Å². The molecule has 21 heavy (non-hydrogen) atoms. The molecule has 1 aromatic carbocycles. The maximum atomic E-state index is 5.60. The fourth-order valence-electron chi connectivity index (χ4n) is 3.45. The molecule has 1 N–H and O–H groups in total. The maximum absolute atomic E-state index is 5.60. The molecule has 2 aliphatic rings. The van der Waals surface area contributed by atoms with E-state index in [1.54, 1.807) is 0 Å². The van der Waals surface area contributed by atoms with E-state index in [0.29, 0.717) is 0 Å². The zero-order valence-corrected chi connectivity index (χ0v) is 13.8. The molecule has 2 heterocycles. The average molecular weight is 311 g/mol. The van der Waals surface area contributed by atoms with E-state index in [1.165, 1.54) is 50.1 Å². The van der Waals surface area contributed by atoms with Gasteiger partial charge in [-0.15, -0.1) is 12.4 Å². The Morgan fingerprint density at radius 1 is 1.33 bits per heavy atom. The molecule has 0 bridgehead atoms. The molecule has 0 aromatic heterocycles. The molecule has 0 amide bonds. The van der Waals surface area contributed by atoms with Crippen LogP contribution in [0.3, 0.4) is 0 Å². The molecule has 0 radical (unpaired) electrons. The van der Waals surface area contributed by atoms with Gasteiger partial charge in [0.1, 0.15) is 5.75 Å². The van der Waals surface area contributed by atoms with Crippen LogP contribution in [0.15, 0.2) is 18.2 Å². The minimum absolute atomic E-state index is 0. The molecule has 1 saturated heterocycles. The van der Waals surface area contributed by atoms with E-state index in [2.05, 4.69) is 28.4 Å². The van der Waals surface area contributed by atoms with E-state index in [9.17, 15) is 0 Å². The van der Waals surface area contributed by atoms with Gasteiger partial charge in [0, 0.05) is 19.6 Å². The summed E-state index contributed by atoms with van der Waals surface area (Å²) in [6, 6.07) is 6.61. The molecular weight excluding hydrogens is 284 g/mol. The van der Waals surface area contributed by atoms with Crippen molar-refractivity contribution in [1.29, 1.82) is 0 Å². The lowest BCUT2D eigenvalue weighted by molar-refractivity contribution is 0.193. The number of nitrogens with zero attached hydrogens (tertiary/aromatic N) is 1. The lowest BCUT2D eigenvalue weighted by Gasteiger charge is -2.33. The van der Waals surface area contributed by atoms with Gasteiger partial charge in [-0.05, 0) is 68.5 Å². The van der Waals surface area contributed by atoms with Gasteiger partial charge >= 0.3 is 0 Å². The summed E-state index contributed by atoms with van der Waals surface area (Å²) in [7, 11) is 0. The molecule has 1 atom stereocenters. The van der Waals surface area contributed by atoms with E-state index in [0.717, 1.165) is 31.2 Å². The van der Waals surface area contributed by atoms with Crippen LogP contribution in [-0.4, -0.2) is 37.7 Å². The number of hydrogen-bond acceptors (Lipinski definition) is 3. The second kappa shape index (κ2) is 8.02. The molecule has 1 fully saturated rings. The fraction of sp³-hybridized carbons (Fsp3) is 0.647. The third-order valence-corrected chi connectivity index (χ3v) is 4.50. The van der Waals surface area contributed by atoms with Crippen LogP contribution in [0.5, 0.6) is 5.75 Å². The standard InChI is InChI=1S/C17H26N2O.ClH/c1-2-20-17-6-5-16-13-19(9-7-15(16)10-17)12-14-4-3-8-18-11-14;/h5-6,10,14,18H,2-4,7-9,11-13H2,1H3;1H. The van der Waals surface area contributed by atoms with E-state index in [1.807, 2.05) is 6.92 Å². The van der Waals surface area contributed by atoms with E-state index in [4.69, 9.17) is 4.74 Å². The summed E-state index contributed by atoms with van der Waals surface area (Å²) in [5.74, 6) is 1.86. The van der Waals surface area contributed by atoms with Crippen LogP contribution in [0.1, 0.15) is 30.9 Å². The highest BCUT2D eigenvalue weighted by molar-refractivity contribution is 5.85. The predicted molar refractivity (Wildman–Crippen MR) is 89.4 cm³/mol. The molecule has 1 aromatic rings. The van der Waals surface area contributed by atoms with Gasteiger partial charge in [-0.1, -0.05) is 6.07 Å². The monoisotopic (exact) mass is 310 g/mol. The second-order valence-electron chi connectivity index (χ2n) is 6.06. The van der Waals surface area contributed by atoms with Crippen molar-refractivity contribution in [3.05, 3.63) is 29.3 Å². The Bertz CT molecular complexity index is 446.